The Morgan fingerprint density at radius 3 is 2.68 bits per heavy atom. The van der Waals surface area contributed by atoms with E-state index in [9.17, 15) is 12.8 Å². The molecule has 0 radical (unpaired) electrons. The van der Waals surface area contributed by atoms with E-state index in [1.165, 1.54) is 30.6 Å². The van der Waals surface area contributed by atoms with Crippen LogP contribution in [0, 0.1) is 5.82 Å². The second-order valence-electron chi connectivity index (χ2n) is 3.84. The maximum atomic E-state index is 13.4. The van der Waals surface area contributed by atoms with E-state index in [0.29, 0.717) is 10.2 Å². The van der Waals surface area contributed by atoms with E-state index in [2.05, 4.69) is 25.6 Å². The molecular weight excluding hydrogens is 335 g/mol. The quantitative estimate of drug-likeness (QED) is 0.927. The number of nitrogens with one attached hydrogen (secondary N) is 1. The van der Waals surface area contributed by atoms with Crippen molar-refractivity contribution in [2.75, 3.05) is 4.72 Å². The summed E-state index contributed by atoms with van der Waals surface area (Å²) >= 11 is 3.19. The average molecular weight is 345 g/mol. The van der Waals surface area contributed by atoms with Crippen molar-refractivity contribution in [2.24, 2.45) is 0 Å². The molecule has 7 heteroatoms. The Balaban J connectivity index is 2.18. The Bertz CT molecular complexity index is 692. The van der Waals surface area contributed by atoms with E-state index >= 15 is 0 Å². The molecule has 1 aromatic carbocycles. The summed E-state index contributed by atoms with van der Waals surface area (Å²) in [5.74, 6) is -0.966. The lowest BCUT2D eigenvalue weighted by Crippen LogP contribution is -2.16. The number of benzene rings is 1. The van der Waals surface area contributed by atoms with Crippen LogP contribution in [-0.4, -0.2) is 13.4 Å². The van der Waals surface area contributed by atoms with Gasteiger partial charge >= 0.3 is 0 Å². The third-order valence-corrected chi connectivity index (χ3v) is 3.95. The average Bonchev–Trinajstić information content (AvgIpc) is 2.31. The van der Waals surface area contributed by atoms with E-state index in [0.717, 1.165) is 0 Å². The first kappa shape index (κ1) is 14.0. The van der Waals surface area contributed by atoms with Crippen LogP contribution >= 0.6 is 15.9 Å². The Morgan fingerprint density at radius 2 is 2.00 bits per heavy atom. The van der Waals surface area contributed by atoms with Crippen molar-refractivity contribution in [1.82, 2.24) is 4.98 Å². The smallest absolute Gasteiger partial charge is 0.237 e. The number of hydrogen-bond acceptors (Lipinski definition) is 3. The zero-order valence-corrected chi connectivity index (χ0v) is 12.1. The molecule has 2 aromatic rings. The van der Waals surface area contributed by atoms with Gasteiger partial charge in [0.15, 0.2) is 0 Å². The molecule has 0 aliphatic rings. The molecule has 1 N–H and O–H groups in total. The molecule has 0 fully saturated rings. The van der Waals surface area contributed by atoms with Crippen LogP contribution < -0.4 is 4.72 Å². The molecular formula is C12H10BrFN2O2S. The van der Waals surface area contributed by atoms with Gasteiger partial charge in [0.25, 0.3) is 0 Å². The van der Waals surface area contributed by atoms with Crippen LogP contribution in [0.25, 0.3) is 0 Å². The minimum atomic E-state index is -3.68. The topological polar surface area (TPSA) is 59.1 Å². The van der Waals surface area contributed by atoms with E-state index in [-0.39, 0.29) is 5.56 Å². The van der Waals surface area contributed by atoms with E-state index in [1.807, 2.05) is 0 Å². The number of hydrogen-bond donors (Lipinski definition) is 1. The van der Waals surface area contributed by atoms with Crippen LogP contribution in [0.15, 0.2) is 47.2 Å². The Hall–Kier alpha value is -1.47. The number of halogens is 2. The highest BCUT2D eigenvalue weighted by Crippen LogP contribution is 2.17. The maximum Gasteiger partial charge on any atom is 0.237 e. The molecule has 4 nitrogen and oxygen atoms in total. The highest BCUT2D eigenvalue weighted by atomic mass is 79.9. The summed E-state index contributed by atoms with van der Waals surface area (Å²) in [5, 5.41) is 0. The Kier molecular flexibility index (Phi) is 4.16. The van der Waals surface area contributed by atoms with Gasteiger partial charge in [-0.15, -0.1) is 0 Å². The fourth-order valence-corrected chi connectivity index (χ4v) is 3.05. The molecule has 1 heterocycles. The molecule has 1 aromatic heterocycles. The van der Waals surface area contributed by atoms with Crippen molar-refractivity contribution in [1.29, 1.82) is 0 Å². The van der Waals surface area contributed by atoms with Crippen molar-refractivity contribution in [3.05, 3.63) is 58.6 Å². The van der Waals surface area contributed by atoms with Crippen LogP contribution in [0.4, 0.5) is 10.1 Å². The summed E-state index contributed by atoms with van der Waals surface area (Å²) in [6.07, 6.45) is 2.92. The first-order valence-electron chi connectivity index (χ1n) is 5.31. The molecule has 0 atom stereocenters. The first-order valence-corrected chi connectivity index (χ1v) is 7.75. The summed E-state index contributed by atoms with van der Waals surface area (Å²) in [6.45, 7) is 0. The fraction of sp³-hybridized carbons (Fsp3) is 0.0833. The van der Waals surface area contributed by atoms with Crippen molar-refractivity contribution in [3.63, 3.8) is 0 Å². The number of nitrogens with zero attached hydrogens (tertiary/aromatic N) is 1. The molecule has 0 amide bonds. The van der Waals surface area contributed by atoms with Gasteiger partial charge in [0.2, 0.25) is 10.0 Å². The highest BCUT2D eigenvalue weighted by Gasteiger charge is 2.14. The molecule has 100 valence electrons. The summed E-state index contributed by atoms with van der Waals surface area (Å²) in [6, 6.07) is 7.34. The van der Waals surface area contributed by atoms with Crippen molar-refractivity contribution < 1.29 is 12.8 Å². The van der Waals surface area contributed by atoms with Gasteiger partial charge in [-0.05, 0) is 28.1 Å². The lowest BCUT2D eigenvalue weighted by molar-refractivity contribution is 0.591. The summed E-state index contributed by atoms with van der Waals surface area (Å²) in [4.78, 5) is 3.85. The molecule has 0 aliphatic carbocycles. The summed E-state index contributed by atoms with van der Waals surface area (Å²) in [5.41, 5.74) is 0.448. The number of sulfonamides is 1. The number of pyridine rings is 1. The zero-order chi connectivity index (χ0) is 13.9. The molecule has 0 saturated carbocycles. The van der Waals surface area contributed by atoms with E-state index in [1.54, 1.807) is 12.1 Å². The van der Waals surface area contributed by atoms with Gasteiger partial charge < -0.3 is 0 Å². The van der Waals surface area contributed by atoms with Crippen molar-refractivity contribution >= 4 is 31.6 Å². The minimum Gasteiger partial charge on any atom is -0.282 e. The van der Waals surface area contributed by atoms with Crippen molar-refractivity contribution in [2.45, 2.75) is 5.75 Å². The van der Waals surface area contributed by atoms with Gasteiger partial charge in [-0.25, -0.2) is 12.8 Å². The minimum absolute atomic E-state index is 0.123. The predicted molar refractivity (Wildman–Crippen MR) is 74.6 cm³/mol. The Labute approximate surface area is 118 Å². The first-order chi connectivity index (χ1) is 8.96. The zero-order valence-electron chi connectivity index (χ0n) is 9.68. The van der Waals surface area contributed by atoms with E-state index in [4.69, 9.17) is 0 Å². The number of rotatable bonds is 4. The molecule has 0 aliphatic heterocycles. The lowest BCUT2D eigenvalue weighted by Gasteiger charge is -2.08. The van der Waals surface area contributed by atoms with Gasteiger partial charge in [0, 0.05) is 16.2 Å². The van der Waals surface area contributed by atoms with Crippen LogP contribution in [-0.2, 0) is 15.8 Å². The van der Waals surface area contributed by atoms with Crippen LogP contribution in [0.5, 0.6) is 0 Å². The van der Waals surface area contributed by atoms with Gasteiger partial charge in [-0.1, -0.05) is 18.2 Å². The molecule has 0 bridgehead atoms. The highest BCUT2D eigenvalue weighted by molar-refractivity contribution is 9.10. The summed E-state index contributed by atoms with van der Waals surface area (Å²) < 4.78 is 40.2. The second kappa shape index (κ2) is 5.66. The van der Waals surface area contributed by atoms with Gasteiger partial charge in [-0.3, -0.25) is 9.71 Å². The van der Waals surface area contributed by atoms with Gasteiger partial charge in [-0.2, -0.15) is 0 Å². The van der Waals surface area contributed by atoms with Gasteiger partial charge in [0.1, 0.15) is 5.82 Å². The second-order valence-corrected chi connectivity index (χ2v) is 6.48. The molecule has 0 unspecified atom stereocenters. The monoisotopic (exact) mass is 344 g/mol. The predicted octanol–water partition coefficient (Wildman–Crippen LogP) is 2.93. The third kappa shape index (κ3) is 4.00. The standard InChI is InChI=1S/C12H10BrFN2O2S/c13-10-5-11(7-15-6-10)16-19(17,18)8-9-3-1-2-4-12(9)14/h1-7,16H,8H2. The maximum absolute atomic E-state index is 13.4. The van der Waals surface area contributed by atoms with Crippen LogP contribution in [0.1, 0.15) is 5.56 Å². The largest absolute Gasteiger partial charge is 0.282 e. The Morgan fingerprint density at radius 1 is 1.26 bits per heavy atom. The van der Waals surface area contributed by atoms with Gasteiger partial charge in [0.05, 0.1) is 17.6 Å². The molecule has 0 spiro atoms. The fourth-order valence-electron chi connectivity index (χ4n) is 1.50. The van der Waals surface area contributed by atoms with Crippen molar-refractivity contribution in [3.8, 4) is 0 Å². The normalized spacial score (nSPS) is 11.3. The molecule has 2 rings (SSSR count). The molecule has 0 saturated heterocycles. The summed E-state index contributed by atoms with van der Waals surface area (Å²) in [7, 11) is -3.68. The molecule has 19 heavy (non-hydrogen) atoms. The van der Waals surface area contributed by atoms with Crippen LogP contribution in [0.3, 0.4) is 0 Å². The number of anilines is 1. The number of aromatic nitrogens is 1. The SMILES string of the molecule is O=S(=O)(Cc1ccccc1F)Nc1cncc(Br)c1. The third-order valence-electron chi connectivity index (χ3n) is 2.28. The van der Waals surface area contributed by atoms with E-state index < -0.39 is 21.6 Å². The lowest BCUT2D eigenvalue weighted by atomic mass is 10.2. The van der Waals surface area contributed by atoms with Crippen LogP contribution in [0.2, 0.25) is 0 Å².